The normalized spacial score (nSPS) is 36.2. The molecule has 7 nitrogen and oxygen atoms in total. The second-order valence-electron chi connectivity index (χ2n) is 6.25. The number of hydrogen-bond donors (Lipinski definition) is 4. The molecule has 4 N–H and O–H groups in total. The first-order valence-electron chi connectivity index (χ1n) is 6.66. The molecule has 0 aromatic carbocycles. The zero-order valence-corrected chi connectivity index (χ0v) is 13.5. The van der Waals surface area contributed by atoms with Crippen LogP contribution in [0.5, 0.6) is 0 Å². The summed E-state index contributed by atoms with van der Waals surface area (Å²) in [5.41, 5.74) is -1.74. The fourth-order valence-electron chi connectivity index (χ4n) is 2.06. The van der Waals surface area contributed by atoms with Crippen LogP contribution in [-0.4, -0.2) is 70.0 Å². The third-order valence-corrected chi connectivity index (χ3v) is 5.62. The van der Waals surface area contributed by atoms with Crippen LogP contribution < -0.4 is 0 Å². The van der Waals surface area contributed by atoms with Gasteiger partial charge in [0.1, 0.15) is 32.3 Å². The summed E-state index contributed by atoms with van der Waals surface area (Å²) in [4.78, 5) is 9.73. The van der Waals surface area contributed by atoms with E-state index >= 15 is 0 Å². The summed E-state index contributed by atoms with van der Waals surface area (Å²) >= 11 is 0. The van der Waals surface area contributed by atoms with E-state index in [2.05, 4.69) is 0 Å². The van der Waals surface area contributed by atoms with Gasteiger partial charge < -0.3 is 24.9 Å². The van der Waals surface area contributed by atoms with Gasteiger partial charge in [-0.05, 0) is 20.8 Å². The Bertz CT molecular complexity index is 418. The number of ether oxygens (including phenoxy) is 1. The molecular formula is C11H23BFO7P. The molecule has 124 valence electrons. The number of hydrogen-bond acceptors (Lipinski definition) is 6. The van der Waals surface area contributed by atoms with Crippen LogP contribution >= 0.6 is 7.60 Å². The van der Waals surface area contributed by atoms with E-state index in [1.54, 1.807) is 7.85 Å². The van der Waals surface area contributed by atoms with Crippen LogP contribution in [0.3, 0.4) is 0 Å². The second kappa shape index (κ2) is 6.24. The molecule has 0 spiro atoms. The zero-order chi connectivity index (χ0) is 16.6. The van der Waals surface area contributed by atoms with Crippen molar-refractivity contribution >= 4 is 15.4 Å². The van der Waals surface area contributed by atoms with Crippen LogP contribution in [0, 0.1) is 0 Å². The minimum Gasteiger partial charge on any atom is -0.388 e. The predicted molar refractivity (Wildman–Crippen MR) is 75.4 cm³/mol. The van der Waals surface area contributed by atoms with Crippen LogP contribution in [0.4, 0.5) is 4.39 Å². The lowest BCUT2D eigenvalue weighted by molar-refractivity contribution is -0.0503. The van der Waals surface area contributed by atoms with E-state index in [0.717, 1.165) is 13.8 Å². The summed E-state index contributed by atoms with van der Waals surface area (Å²) in [7, 11) is -2.95. The Morgan fingerprint density at radius 1 is 1.33 bits per heavy atom. The monoisotopic (exact) mass is 328 g/mol. The maximum absolute atomic E-state index is 13.3. The smallest absolute Gasteiger partial charge is 0.359 e. The molecule has 1 saturated heterocycles. The molecule has 0 saturated carbocycles. The third-order valence-electron chi connectivity index (χ3n) is 3.55. The molecule has 10 heteroatoms. The van der Waals surface area contributed by atoms with Crippen molar-refractivity contribution in [2.24, 2.45) is 0 Å². The molecule has 1 rings (SSSR count). The highest BCUT2D eigenvalue weighted by Gasteiger charge is 2.49. The number of aliphatic hydroxyl groups is 3. The van der Waals surface area contributed by atoms with Crippen molar-refractivity contribution in [1.29, 1.82) is 0 Å². The molecule has 1 aliphatic heterocycles. The van der Waals surface area contributed by atoms with Crippen molar-refractivity contribution in [2.75, 3.05) is 6.67 Å². The lowest BCUT2D eigenvalue weighted by Crippen LogP contribution is -2.41. The third kappa shape index (κ3) is 4.25. The minimum absolute atomic E-state index is 0.243. The van der Waals surface area contributed by atoms with E-state index in [1.807, 2.05) is 0 Å². The fraction of sp³-hybridized carbons (Fsp3) is 1.00. The minimum atomic E-state index is -4.51. The van der Waals surface area contributed by atoms with Crippen molar-refractivity contribution < 1.29 is 38.4 Å². The van der Waals surface area contributed by atoms with Gasteiger partial charge in [-0.2, -0.15) is 0 Å². The molecular weight excluding hydrogens is 305 g/mol. The molecule has 1 aliphatic rings. The van der Waals surface area contributed by atoms with Crippen LogP contribution in [0.2, 0.25) is 0 Å². The Morgan fingerprint density at radius 2 is 1.86 bits per heavy atom. The highest BCUT2D eigenvalue weighted by atomic mass is 31.2. The number of aliphatic hydroxyl groups excluding tert-OH is 2. The zero-order valence-electron chi connectivity index (χ0n) is 12.6. The van der Waals surface area contributed by atoms with Crippen molar-refractivity contribution in [3.05, 3.63) is 0 Å². The van der Waals surface area contributed by atoms with Crippen LogP contribution in [0.25, 0.3) is 0 Å². The average molecular weight is 328 g/mol. The van der Waals surface area contributed by atoms with E-state index in [-0.39, 0.29) is 6.42 Å². The molecule has 0 aromatic heterocycles. The van der Waals surface area contributed by atoms with Gasteiger partial charge in [-0.15, -0.1) is 0 Å². The van der Waals surface area contributed by atoms with Crippen molar-refractivity contribution in [3.63, 3.8) is 0 Å². The molecule has 1 heterocycles. The Kier molecular flexibility index (Phi) is 5.65. The van der Waals surface area contributed by atoms with Crippen LogP contribution in [0.15, 0.2) is 0 Å². The maximum Gasteiger partial charge on any atom is 0.359 e. The maximum atomic E-state index is 13.3. The topological polar surface area (TPSA) is 116 Å². The van der Waals surface area contributed by atoms with E-state index in [9.17, 15) is 29.2 Å². The first kappa shape index (κ1) is 19.0. The number of alkyl halides is 1. The summed E-state index contributed by atoms with van der Waals surface area (Å²) in [6, 6.07) is -0.635. The number of halogens is 1. The Morgan fingerprint density at radius 3 is 2.19 bits per heavy atom. The van der Waals surface area contributed by atoms with Gasteiger partial charge in [-0.3, -0.25) is 9.09 Å². The summed E-state index contributed by atoms with van der Waals surface area (Å²) < 4.78 is 35.5. The molecule has 0 aromatic rings. The highest BCUT2D eigenvalue weighted by molar-refractivity contribution is 7.54. The predicted octanol–water partition coefficient (Wildman–Crippen LogP) is -0.885. The summed E-state index contributed by atoms with van der Waals surface area (Å²) in [6.07, 6.45) is -3.53. The van der Waals surface area contributed by atoms with Gasteiger partial charge >= 0.3 is 7.60 Å². The fourth-order valence-corrected chi connectivity index (χ4v) is 3.00. The first-order chi connectivity index (χ1) is 9.33. The van der Waals surface area contributed by atoms with E-state index in [0.29, 0.717) is 0 Å². The largest absolute Gasteiger partial charge is 0.388 e. The average Bonchev–Trinajstić information content (AvgIpc) is 2.55. The lowest BCUT2D eigenvalue weighted by Gasteiger charge is -2.35. The molecule has 0 radical (unpaired) electrons. The van der Waals surface area contributed by atoms with Gasteiger partial charge in [0.2, 0.25) is 0 Å². The van der Waals surface area contributed by atoms with Gasteiger partial charge in [0.15, 0.2) is 5.34 Å². The van der Waals surface area contributed by atoms with Crippen molar-refractivity contribution in [1.82, 2.24) is 0 Å². The van der Waals surface area contributed by atoms with E-state index < -0.39 is 49.5 Å². The number of rotatable bonds is 6. The summed E-state index contributed by atoms with van der Waals surface area (Å²) in [6.45, 7) is 2.29. The second-order valence-corrected chi connectivity index (χ2v) is 8.57. The molecule has 0 bridgehead atoms. The van der Waals surface area contributed by atoms with Crippen LogP contribution in [0.1, 0.15) is 27.2 Å². The Labute approximate surface area is 124 Å². The van der Waals surface area contributed by atoms with Gasteiger partial charge in [-0.25, -0.2) is 4.39 Å². The highest BCUT2D eigenvalue weighted by Crippen LogP contribution is 2.57. The molecule has 0 aliphatic carbocycles. The van der Waals surface area contributed by atoms with E-state index in [1.165, 1.54) is 6.92 Å². The standard InChI is InChI=1S/C11H23BFO7P/c1-10(2,16)21(17,18)20-11(3,5-13)4-6-7(14)8(15)9(12)19-6/h6-9,14-16H,4-5,12H2,1-3H3,(H,17,18)/t6-,7?,8+,9-,11?/m1/s1. The van der Waals surface area contributed by atoms with Gasteiger partial charge in [0.25, 0.3) is 0 Å². The summed E-state index contributed by atoms with van der Waals surface area (Å²) in [5, 5.41) is 27.0. The molecule has 0 amide bonds. The van der Waals surface area contributed by atoms with Gasteiger partial charge in [-0.1, -0.05) is 0 Å². The molecule has 1 fully saturated rings. The first-order valence-corrected chi connectivity index (χ1v) is 8.24. The quantitative estimate of drug-likeness (QED) is 0.369. The Hall–Kier alpha value is -0.0151. The summed E-state index contributed by atoms with van der Waals surface area (Å²) in [5.74, 6) is 0. The molecule has 6 atom stereocenters. The SMILES string of the molecule is B[C@@H]1O[C@H](CC(C)(CF)OP(=O)(O)C(C)(C)O)C(O)[C@@H]1O. The lowest BCUT2D eigenvalue weighted by atomic mass is 9.91. The van der Waals surface area contributed by atoms with Crippen molar-refractivity contribution in [3.8, 4) is 0 Å². The Balaban J connectivity index is 2.85. The van der Waals surface area contributed by atoms with Crippen LogP contribution in [-0.2, 0) is 13.8 Å². The van der Waals surface area contributed by atoms with E-state index in [4.69, 9.17) is 9.26 Å². The van der Waals surface area contributed by atoms with Gasteiger partial charge in [0, 0.05) is 6.42 Å². The van der Waals surface area contributed by atoms with Crippen molar-refractivity contribution in [2.45, 2.75) is 62.5 Å². The molecule has 3 unspecified atom stereocenters. The van der Waals surface area contributed by atoms with Gasteiger partial charge in [0.05, 0.1) is 12.1 Å². The molecule has 21 heavy (non-hydrogen) atoms.